The maximum atomic E-state index is 11.0. The maximum Gasteiger partial charge on any atom is 0.160 e. The van der Waals surface area contributed by atoms with Crippen molar-refractivity contribution in [2.45, 2.75) is 19.8 Å². The standard InChI is InChI=1S/C6H11NO2S2/c1-2-3-4-11(8,9)6-10-5-7/h2-4,6H2,1H3. The van der Waals surface area contributed by atoms with Gasteiger partial charge in [0.1, 0.15) is 10.5 Å². The average Bonchev–Trinajstić information content (AvgIpc) is 1.97. The SMILES string of the molecule is CCCCS(=O)(=O)CSC#N. The second-order valence-corrected chi connectivity index (χ2v) is 5.46. The van der Waals surface area contributed by atoms with Gasteiger partial charge in [0.25, 0.3) is 0 Å². The number of nitriles is 1. The lowest BCUT2D eigenvalue weighted by Crippen LogP contribution is -2.07. The van der Waals surface area contributed by atoms with Crippen LogP contribution >= 0.6 is 11.8 Å². The number of hydrogen-bond acceptors (Lipinski definition) is 4. The first-order valence-electron chi connectivity index (χ1n) is 3.33. The van der Waals surface area contributed by atoms with Gasteiger partial charge in [-0.2, -0.15) is 5.26 Å². The van der Waals surface area contributed by atoms with Gasteiger partial charge in [0, 0.05) is 0 Å². The molecule has 64 valence electrons. The molecule has 0 aromatic carbocycles. The van der Waals surface area contributed by atoms with Crippen LogP contribution in [0.2, 0.25) is 0 Å². The van der Waals surface area contributed by atoms with E-state index >= 15 is 0 Å². The predicted octanol–water partition coefficient (Wildman–Crippen LogP) is 1.37. The van der Waals surface area contributed by atoms with Crippen molar-refractivity contribution in [3.63, 3.8) is 0 Å². The molecule has 0 bridgehead atoms. The average molecular weight is 193 g/mol. The molecule has 0 rings (SSSR count). The van der Waals surface area contributed by atoms with Crippen LogP contribution in [0.3, 0.4) is 0 Å². The molecule has 0 aliphatic carbocycles. The van der Waals surface area contributed by atoms with E-state index in [0.717, 1.165) is 18.2 Å². The van der Waals surface area contributed by atoms with E-state index in [1.807, 2.05) is 6.92 Å². The van der Waals surface area contributed by atoms with Crippen molar-refractivity contribution in [2.24, 2.45) is 0 Å². The zero-order chi connectivity index (χ0) is 8.74. The fraction of sp³-hybridized carbons (Fsp3) is 0.833. The lowest BCUT2D eigenvalue weighted by atomic mass is 10.4. The third kappa shape index (κ3) is 6.20. The molecular formula is C6H11NO2S2. The first kappa shape index (κ1) is 10.8. The summed E-state index contributed by atoms with van der Waals surface area (Å²) in [5.74, 6) is 0.207. The van der Waals surface area contributed by atoms with Crippen LogP contribution < -0.4 is 0 Å². The van der Waals surface area contributed by atoms with Crippen LogP contribution in [0, 0.1) is 10.7 Å². The van der Waals surface area contributed by atoms with Gasteiger partial charge in [-0.15, -0.1) is 0 Å². The van der Waals surface area contributed by atoms with Gasteiger partial charge in [0.05, 0.1) is 5.75 Å². The molecule has 3 nitrogen and oxygen atoms in total. The van der Waals surface area contributed by atoms with Gasteiger partial charge in [0.15, 0.2) is 9.84 Å². The maximum absolute atomic E-state index is 11.0. The van der Waals surface area contributed by atoms with Gasteiger partial charge in [-0.25, -0.2) is 8.42 Å². The van der Waals surface area contributed by atoms with E-state index in [9.17, 15) is 8.42 Å². The van der Waals surface area contributed by atoms with Crippen LogP contribution in [-0.4, -0.2) is 19.3 Å². The molecule has 5 heteroatoms. The zero-order valence-electron chi connectivity index (χ0n) is 6.41. The van der Waals surface area contributed by atoms with Crippen LogP contribution in [0.25, 0.3) is 0 Å². The highest BCUT2D eigenvalue weighted by Gasteiger charge is 2.08. The Morgan fingerprint density at radius 1 is 1.55 bits per heavy atom. The van der Waals surface area contributed by atoms with Gasteiger partial charge >= 0.3 is 0 Å². The number of nitrogens with zero attached hydrogens (tertiary/aromatic N) is 1. The normalized spacial score (nSPS) is 10.9. The Morgan fingerprint density at radius 3 is 2.64 bits per heavy atom. The Kier molecular flexibility index (Phi) is 5.34. The highest BCUT2D eigenvalue weighted by atomic mass is 32.3. The van der Waals surface area contributed by atoms with Crippen LogP contribution in [0.5, 0.6) is 0 Å². The Labute approximate surface area is 71.7 Å². The van der Waals surface area contributed by atoms with Gasteiger partial charge in [-0.05, 0) is 18.2 Å². The predicted molar refractivity (Wildman–Crippen MR) is 46.8 cm³/mol. The van der Waals surface area contributed by atoms with Crippen LogP contribution in [0.15, 0.2) is 0 Å². The van der Waals surface area contributed by atoms with E-state index in [1.54, 1.807) is 5.40 Å². The molecule has 0 N–H and O–H groups in total. The van der Waals surface area contributed by atoms with Crippen molar-refractivity contribution >= 4 is 21.6 Å². The van der Waals surface area contributed by atoms with Crippen LogP contribution in [0.1, 0.15) is 19.8 Å². The molecule has 0 aromatic heterocycles. The summed E-state index contributed by atoms with van der Waals surface area (Å²) in [6.07, 6.45) is 1.56. The Bertz CT molecular complexity index is 227. The summed E-state index contributed by atoms with van der Waals surface area (Å²) in [4.78, 5) is 0. The molecule has 0 unspecified atom stereocenters. The van der Waals surface area contributed by atoms with E-state index in [4.69, 9.17) is 5.26 Å². The van der Waals surface area contributed by atoms with Crippen molar-refractivity contribution in [2.75, 3.05) is 10.8 Å². The van der Waals surface area contributed by atoms with Gasteiger partial charge in [-0.1, -0.05) is 13.3 Å². The summed E-state index contributed by atoms with van der Waals surface area (Å²) in [5, 5.41) is 9.78. The number of thiocyanates is 1. The van der Waals surface area contributed by atoms with Gasteiger partial charge in [0.2, 0.25) is 0 Å². The van der Waals surface area contributed by atoms with Crippen molar-refractivity contribution < 1.29 is 8.42 Å². The quantitative estimate of drug-likeness (QED) is 0.619. The number of thioether (sulfide) groups is 1. The first-order chi connectivity index (χ1) is 5.12. The molecule has 0 aromatic rings. The van der Waals surface area contributed by atoms with E-state index in [-0.39, 0.29) is 10.8 Å². The van der Waals surface area contributed by atoms with Gasteiger partial charge in [-0.3, -0.25) is 0 Å². The van der Waals surface area contributed by atoms with Crippen molar-refractivity contribution in [3.8, 4) is 5.40 Å². The zero-order valence-corrected chi connectivity index (χ0v) is 8.04. The van der Waals surface area contributed by atoms with E-state index < -0.39 is 9.84 Å². The van der Waals surface area contributed by atoms with Crippen molar-refractivity contribution in [3.05, 3.63) is 0 Å². The number of sulfone groups is 1. The molecule has 11 heavy (non-hydrogen) atoms. The molecular weight excluding hydrogens is 182 g/mol. The minimum atomic E-state index is -2.97. The first-order valence-corrected chi connectivity index (χ1v) is 6.14. The summed E-state index contributed by atoms with van der Waals surface area (Å²) in [6, 6.07) is 0. The van der Waals surface area contributed by atoms with Gasteiger partial charge < -0.3 is 0 Å². The lowest BCUT2D eigenvalue weighted by molar-refractivity contribution is 0.597. The molecule has 0 amide bonds. The topological polar surface area (TPSA) is 57.9 Å². The second-order valence-electron chi connectivity index (χ2n) is 2.15. The molecule has 0 aliphatic heterocycles. The van der Waals surface area contributed by atoms with E-state index in [2.05, 4.69) is 0 Å². The molecule has 0 spiro atoms. The Balaban J connectivity index is 3.74. The molecule has 0 heterocycles. The summed E-state index contributed by atoms with van der Waals surface area (Å²) in [6.45, 7) is 1.94. The Morgan fingerprint density at radius 2 is 2.18 bits per heavy atom. The van der Waals surface area contributed by atoms with Crippen LogP contribution in [-0.2, 0) is 9.84 Å². The monoisotopic (exact) mass is 193 g/mol. The minimum absolute atomic E-state index is 0.0660. The largest absolute Gasteiger partial charge is 0.228 e. The molecule has 0 fully saturated rings. The third-order valence-electron chi connectivity index (χ3n) is 1.11. The number of rotatable bonds is 5. The lowest BCUT2D eigenvalue weighted by Gasteiger charge is -1.97. The Hall–Kier alpha value is -0.210. The summed E-state index contributed by atoms with van der Waals surface area (Å²) >= 11 is 0.783. The molecule has 0 radical (unpaired) electrons. The highest BCUT2D eigenvalue weighted by molar-refractivity contribution is 8.15. The second kappa shape index (κ2) is 5.44. The summed E-state index contributed by atoms with van der Waals surface area (Å²) in [5.41, 5.74) is 0. The summed E-state index contributed by atoms with van der Waals surface area (Å²) < 4.78 is 22.0. The van der Waals surface area contributed by atoms with E-state index in [1.165, 1.54) is 0 Å². The molecule has 0 aliphatic rings. The molecule has 0 atom stereocenters. The minimum Gasteiger partial charge on any atom is -0.228 e. The number of unbranched alkanes of at least 4 members (excludes halogenated alkanes) is 1. The molecule has 0 saturated carbocycles. The van der Waals surface area contributed by atoms with Crippen LogP contribution in [0.4, 0.5) is 0 Å². The smallest absolute Gasteiger partial charge is 0.160 e. The third-order valence-corrected chi connectivity index (χ3v) is 4.06. The van der Waals surface area contributed by atoms with Crippen molar-refractivity contribution in [1.29, 1.82) is 5.26 Å². The fourth-order valence-corrected chi connectivity index (χ4v) is 2.67. The number of hydrogen-bond donors (Lipinski definition) is 0. The highest BCUT2D eigenvalue weighted by Crippen LogP contribution is 2.05. The fourth-order valence-electron chi connectivity index (χ4n) is 0.539. The molecule has 0 saturated heterocycles. The van der Waals surface area contributed by atoms with E-state index in [0.29, 0.717) is 6.42 Å². The van der Waals surface area contributed by atoms with Crippen molar-refractivity contribution in [1.82, 2.24) is 0 Å². The summed E-state index contributed by atoms with van der Waals surface area (Å²) in [7, 11) is -2.97.